The number of nitrogen functional groups attached to an aromatic ring is 1. The maximum atomic E-state index is 5.95. The van der Waals surface area contributed by atoms with E-state index in [0.717, 1.165) is 46.7 Å². The molecular formula is C13H20IN3O. The third-order valence-electron chi connectivity index (χ3n) is 3.92. The van der Waals surface area contributed by atoms with Crippen LogP contribution in [0.15, 0.2) is 0 Å². The Bertz CT molecular complexity index is 419. The second-order valence-electron chi connectivity index (χ2n) is 5.21. The smallest absolute Gasteiger partial charge is 0.162 e. The third kappa shape index (κ3) is 2.47. The molecule has 18 heavy (non-hydrogen) atoms. The SMILES string of the molecule is COC1(c2nc(C)c(I)c(N)n2)CCC(C)CC1. The first kappa shape index (κ1) is 14.0. The van der Waals surface area contributed by atoms with Crippen LogP contribution >= 0.6 is 22.6 Å². The predicted octanol–water partition coefficient (Wildman–Crippen LogP) is 3.02. The Kier molecular flexibility index (Phi) is 4.11. The highest BCUT2D eigenvalue weighted by molar-refractivity contribution is 14.1. The van der Waals surface area contributed by atoms with E-state index in [4.69, 9.17) is 10.5 Å². The Morgan fingerprint density at radius 1 is 1.33 bits per heavy atom. The number of aromatic nitrogens is 2. The molecule has 1 heterocycles. The molecule has 2 N–H and O–H groups in total. The summed E-state index contributed by atoms with van der Waals surface area (Å²) >= 11 is 2.19. The number of aryl methyl sites for hydroxylation is 1. The first-order chi connectivity index (χ1) is 8.48. The molecule has 1 aliphatic rings. The van der Waals surface area contributed by atoms with Gasteiger partial charge in [0.15, 0.2) is 5.82 Å². The summed E-state index contributed by atoms with van der Waals surface area (Å²) < 4.78 is 6.72. The number of rotatable bonds is 2. The lowest BCUT2D eigenvalue weighted by molar-refractivity contribution is -0.0597. The molecule has 0 saturated heterocycles. The van der Waals surface area contributed by atoms with Gasteiger partial charge in [-0.2, -0.15) is 0 Å². The average molecular weight is 361 g/mol. The molecule has 0 amide bonds. The quantitative estimate of drug-likeness (QED) is 0.823. The number of anilines is 1. The van der Waals surface area contributed by atoms with E-state index < -0.39 is 0 Å². The van der Waals surface area contributed by atoms with Crippen molar-refractivity contribution in [1.29, 1.82) is 0 Å². The molecule has 0 spiro atoms. The van der Waals surface area contributed by atoms with Crippen LogP contribution in [0.25, 0.3) is 0 Å². The Morgan fingerprint density at radius 3 is 2.44 bits per heavy atom. The maximum absolute atomic E-state index is 5.95. The Balaban J connectivity index is 2.39. The van der Waals surface area contributed by atoms with Crippen molar-refractivity contribution in [2.24, 2.45) is 5.92 Å². The maximum Gasteiger partial charge on any atom is 0.162 e. The van der Waals surface area contributed by atoms with Crippen molar-refractivity contribution in [1.82, 2.24) is 9.97 Å². The summed E-state index contributed by atoms with van der Waals surface area (Å²) in [7, 11) is 1.75. The Hall–Kier alpha value is -0.430. The van der Waals surface area contributed by atoms with Gasteiger partial charge >= 0.3 is 0 Å². The highest BCUT2D eigenvalue weighted by Crippen LogP contribution is 2.41. The molecule has 100 valence electrons. The van der Waals surface area contributed by atoms with Crippen molar-refractivity contribution in [3.63, 3.8) is 0 Å². The molecule has 0 radical (unpaired) electrons. The average Bonchev–Trinajstić information content (AvgIpc) is 2.37. The van der Waals surface area contributed by atoms with Crippen LogP contribution in [-0.4, -0.2) is 17.1 Å². The highest BCUT2D eigenvalue weighted by Gasteiger charge is 2.39. The minimum atomic E-state index is -0.338. The molecule has 1 aliphatic carbocycles. The molecule has 0 unspecified atom stereocenters. The summed E-state index contributed by atoms with van der Waals surface area (Å²) in [5.41, 5.74) is 6.56. The fourth-order valence-corrected chi connectivity index (χ4v) is 2.77. The molecule has 0 atom stereocenters. The first-order valence-corrected chi connectivity index (χ1v) is 7.41. The molecule has 5 heteroatoms. The zero-order valence-electron chi connectivity index (χ0n) is 11.2. The summed E-state index contributed by atoms with van der Waals surface area (Å²) in [6, 6.07) is 0. The van der Waals surface area contributed by atoms with Gasteiger partial charge in [-0.05, 0) is 61.1 Å². The van der Waals surface area contributed by atoms with Gasteiger partial charge in [-0.25, -0.2) is 9.97 Å². The number of nitrogens with zero attached hydrogens (tertiary/aromatic N) is 2. The van der Waals surface area contributed by atoms with E-state index >= 15 is 0 Å². The highest BCUT2D eigenvalue weighted by atomic mass is 127. The molecular weight excluding hydrogens is 341 g/mol. The Labute approximate surface area is 122 Å². The van der Waals surface area contributed by atoms with Crippen molar-refractivity contribution in [3.8, 4) is 0 Å². The number of hydrogen-bond donors (Lipinski definition) is 1. The van der Waals surface area contributed by atoms with Gasteiger partial charge in [-0.15, -0.1) is 0 Å². The van der Waals surface area contributed by atoms with E-state index in [1.807, 2.05) is 6.92 Å². The van der Waals surface area contributed by atoms with E-state index in [1.165, 1.54) is 0 Å². The lowest BCUT2D eigenvalue weighted by Crippen LogP contribution is -2.35. The lowest BCUT2D eigenvalue weighted by atomic mass is 9.79. The van der Waals surface area contributed by atoms with Gasteiger partial charge in [0.1, 0.15) is 11.4 Å². The molecule has 2 rings (SSSR count). The summed E-state index contributed by atoms with van der Waals surface area (Å²) in [5.74, 6) is 2.08. The predicted molar refractivity (Wildman–Crippen MR) is 80.2 cm³/mol. The zero-order valence-corrected chi connectivity index (χ0v) is 13.3. The minimum absolute atomic E-state index is 0.338. The standard InChI is InChI=1S/C13H20IN3O/c1-8-4-6-13(18-3,7-5-8)12-16-9(2)10(14)11(15)17-12/h8H,4-7H2,1-3H3,(H2,15,16,17). The van der Waals surface area contributed by atoms with Crippen LogP contribution in [0.3, 0.4) is 0 Å². The van der Waals surface area contributed by atoms with E-state index in [1.54, 1.807) is 7.11 Å². The van der Waals surface area contributed by atoms with Crippen LogP contribution < -0.4 is 5.73 Å². The van der Waals surface area contributed by atoms with Crippen molar-refractivity contribution in [2.45, 2.75) is 45.1 Å². The van der Waals surface area contributed by atoms with Gasteiger partial charge in [0.2, 0.25) is 0 Å². The molecule has 0 bridgehead atoms. The third-order valence-corrected chi connectivity index (χ3v) is 5.26. The van der Waals surface area contributed by atoms with Gasteiger partial charge < -0.3 is 10.5 Å². The second kappa shape index (κ2) is 5.28. The van der Waals surface area contributed by atoms with E-state index in [0.29, 0.717) is 5.82 Å². The molecule has 1 aromatic rings. The first-order valence-electron chi connectivity index (χ1n) is 6.34. The fourth-order valence-electron chi connectivity index (χ4n) is 2.53. The molecule has 0 aliphatic heterocycles. The van der Waals surface area contributed by atoms with E-state index in [9.17, 15) is 0 Å². The second-order valence-corrected chi connectivity index (χ2v) is 6.29. The van der Waals surface area contributed by atoms with Gasteiger partial charge in [0.05, 0.1) is 9.26 Å². The monoisotopic (exact) mass is 361 g/mol. The minimum Gasteiger partial charge on any atom is -0.383 e. The molecule has 0 aromatic carbocycles. The van der Waals surface area contributed by atoms with Crippen molar-refractivity contribution in [3.05, 3.63) is 15.1 Å². The topological polar surface area (TPSA) is 61.0 Å². The van der Waals surface area contributed by atoms with Crippen LogP contribution in [0.4, 0.5) is 5.82 Å². The van der Waals surface area contributed by atoms with Gasteiger partial charge in [0, 0.05) is 7.11 Å². The Morgan fingerprint density at radius 2 is 1.94 bits per heavy atom. The molecule has 1 aromatic heterocycles. The normalized spacial score (nSPS) is 28.3. The van der Waals surface area contributed by atoms with Crippen molar-refractivity contribution >= 4 is 28.4 Å². The van der Waals surface area contributed by atoms with Crippen LogP contribution in [0, 0.1) is 16.4 Å². The molecule has 1 fully saturated rings. The lowest BCUT2D eigenvalue weighted by Gasteiger charge is -2.37. The summed E-state index contributed by atoms with van der Waals surface area (Å²) in [5, 5.41) is 0. The summed E-state index contributed by atoms with van der Waals surface area (Å²) in [6.07, 6.45) is 4.26. The number of ether oxygens (including phenoxy) is 1. The van der Waals surface area contributed by atoms with Crippen molar-refractivity contribution in [2.75, 3.05) is 12.8 Å². The fraction of sp³-hybridized carbons (Fsp3) is 0.692. The van der Waals surface area contributed by atoms with Gasteiger partial charge in [-0.1, -0.05) is 6.92 Å². The summed E-state index contributed by atoms with van der Waals surface area (Å²) in [6.45, 7) is 4.26. The van der Waals surface area contributed by atoms with E-state index in [2.05, 4.69) is 39.5 Å². The largest absolute Gasteiger partial charge is 0.383 e. The number of halogens is 1. The van der Waals surface area contributed by atoms with Crippen LogP contribution in [0.2, 0.25) is 0 Å². The number of hydrogen-bond acceptors (Lipinski definition) is 4. The zero-order chi connectivity index (χ0) is 13.3. The van der Waals surface area contributed by atoms with Crippen LogP contribution in [0.1, 0.15) is 44.1 Å². The molecule has 4 nitrogen and oxygen atoms in total. The van der Waals surface area contributed by atoms with Gasteiger partial charge in [0.25, 0.3) is 0 Å². The van der Waals surface area contributed by atoms with Crippen LogP contribution in [0.5, 0.6) is 0 Å². The van der Waals surface area contributed by atoms with E-state index in [-0.39, 0.29) is 5.60 Å². The van der Waals surface area contributed by atoms with Crippen LogP contribution in [-0.2, 0) is 10.3 Å². The number of methoxy groups -OCH3 is 1. The summed E-state index contributed by atoms with van der Waals surface area (Å²) in [4.78, 5) is 9.06. The molecule has 1 saturated carbocycles. The van der Waals surface area contributed by atoms with Crippen molar-refractivity contribution < 1.29 is 4.74 Å². The number of nitrogens with two attached hydrogens (primary N) is 1. The van der Waals surface area contributed by atoms with Gasteiger partial charge in [-0.3, -0.25) is 0 Å².